The van der Waals surface area contributed by atoms with Gasteiger partial charge in [-0.05, 0) is 97.1 Å². The van der Waals surface area contributed by atoms with E-state index in [9.17, 15) is 4.39 Å². The minimum absolute atomic E-state index is 0.0934. The van der Waals surface area contributed by atoms with Crippen molar-refractivity contribution in [3.05, 3.63) is 53.2 Å². The Balaban J connectivity index is 1.29. The lowest BCUT2D eigenvalue weighted by Crippen LogP contribution is -2.43. The summed E-state index contributed by atoms with van der Waals surface area (Å²) in [6.07, 6.45) is 6.63. The molecule has 8 rings (SSSR count). The van der Waals surface area contributed by atoms with Gasteiger partial charge in [0, 0.05) is 43.2 Å². The third kappa shape index (κ3) is 6.27. The van der Waals surface area contributed by atoms with Gasteiger partial charge in [-0.25, -0.2) is 13.2 Å². The van der Waals surface area contributed by atoms with Crippen molar-refractivity contribution < 1.29 is 17.9 Å². The molecule has 1 aliphatic carbocycles. The first-order chi connectivity index (χ1) is 25.8. The fourth-order valence-electron chi connectivity index (χ4n) is 11.0. The quantitative estimate of drug-likeness (QED) is 0.132. The van der Waals surface area contributed by atoms with E-state index in [0.717, 1.165) is 43.4 Å². The largest absolute Gasteiger partial charge is 0.461 e. The maximum Gasteiger partial charge on any atom is 0.319 e. The molecule has 10 heteroatoms. The van der Waals surface area contributed by atoms with Crippen molar-refractivity contribution in [1.29, 1.82) is 0 Å². The highest BCUT2D eigenvalue weighted by atomic mass is 28.3. The molecule has 3 saturated heterocycles. The van der Waals surface area contributed by atoms with Gasteiger partial charge in [-0.2, -0.15) is 9.97 Å². The number of aryl methyl sites for hydroxylation is 1. The minimum Gasteiger partial charge on any atom is -0.461 e. The van der Waals surface area contributed by atoms with E-state index in [1.807, 2.05) is 19.1 Å². The number of aromatic nitrogens is 3. The molecule has 5 heterocycles. The summed E-state index contributed by atoms with van der Waals surface area (Å²) in [5, 5.41) is 1.86. The van der Waals surface area contributed by atoms with E-state index < -0.39 is 31.4 Å². The van der Waals surface area contributed by atoms with E-state index >= 15 is 8.78 Å². The van der Waals surface area contributed by atoms with Crippen LogP contribution in [0.25, 0.3) is 32.9 Å². The molecular weight excluding hydrogens is 700 g/mol. The van der Waals surface area contributed by atoms with Gasteiger partial charge < -0.3 is 9.64 Å². The van der Waals surface area contributed by atoms with Crippen LogP contribution in [0.1, 0.15) is 91.2 Å². The number of fused-ring (bicyclic) bond motifs is 5. The fraction of sp³-hybridized carbons (Fsp3) is 0.568. The van der Waals surface area contributed by atoms with E-state index in [4.69, 9.17) is 19.7 Å². The van der Waals surface area contributed by atoms with Gasteiger partial charge in [-0.15, -0.1) is 5.54 Å². The monoisotopic (exact) mass is 753 g/mol. The lowest BCUT2D eigenvalue weighted by Gasteiger charge is -2.38. The van der Waals surface area contributed by atoms with Crippen LogP contribution < -0.4 is 9.64 Å². The minimum atomic E-state index is -2.22. The summed E-state index contributed by atoms with van der Waals surface area (Å²) < 4.78 is 54.6. The van der Waals surface area contributed by atoms with Crippen LogP contribution in [-0.4, -0.2) is 72.4 Å². The zero-order valence-electron chi connectivity index (χ0n) is 32.9. The summed E-state index contributed by atoms with van der Waals surface area (Å²) in [7, 11) is -2.22. The molecule has 2 bridgehead atoms. The van der Waals surface area contributed by atoms with Crippen LogP contribution in [0, 0.1) is 41.9 Å². The Hall–Kier alpha value is -3.68. The number of rotatable bonds is 8. The smallest absolute Gasteiger partial charge is 0.319 e. The van der Waals surface area contributed by atoms with Gasteiger partial charge in [0.25, 0.3) is 0 Å². The standard InChI is InChI=1S/C44H54F3N5OSi/c1-26(2)54(27(3)4,28(5)6)16-13-34-37(46)12-11-32-17-29(7)18-35(38(32)34)40-39(47)41-36(21-48-40)42(51-22-30-9-10-31(19-30)23-51)50-43(49-41)53-25-44-14-8-15-52(44)24-33(45)20-44/h11-12,17-18,21,26-28,30-31,33H,8-10,14-15,19-20,22-25H2,1-7H3/t30?,31?,33-,44+/m1/s1. The molecule has 0 radical (unpaired) electrons. The van der Waals surface area contributed by atoms with Gasteiger partial charge in [0.1, 0.15) is 43.7 Å². The molecule has 0 spiro atoms. The van der Waals surface area contributed by atoms with Crippen LogP contribution in [0.15, 0.2) is 30.5 Å². The molecule has 4 atom stereocenters. The van der Waals surface area contributed by atoms with Crippen LogP contribution in [-0.2, 0) is 0 Å². The molecule has 4 aliphatic rings. The highest BCUT2D eigenvalue weighted by molar-refractivity contribution is 6.90. The normalized spacial score (nSPS) is 24.3. The molecule has 0 N–H and O–H groups in total. The predicted octanol–water partition coefficient (Wildman–Crippen LogP) is 10.2. The molecule has 2 aromatic heterocycles. The summed E-state index contributed by atoms with van der Waals surface area (Å²) in [4.78, 5) is 18.9. The van der Waals surface area contributed by atoms with Crippen LogP contribution in [0.4, 0.5) is 19.0 Å². The van der Waals surface area contributed by atoms with E-state index in [2.05, 4.69) is 62.8 Å². The number of ether oxygens (including phenoxy) is 1. The van der Waals surface area contributed by atoms with Gasteiger partial charge in [0.15, 0.2) is 5.82 Å². The molecule has 2 aromatic carbocycles. The molecule has 54 heavy (non-hydrogen) atoms. The Morgan fingerprint density at radius 1 is 0.981 bits per heavy atom. The van der Waals surface area contributed by atoms with E-state index in [1.54, 1.807) is 12.3 Å². The van der Waals surface area contributed by atoms with Crippen LogP contribution in [0.5, 0.6) is 6.01 Å². The number of anilines is 1. The lowest BCUT2D eigenvalue weighted by atomic mass is 9.94. The third-order valence-corrected chi connectivity index (χ3v) is 19.8. The maximum atomic E-state index is 17.4. The number of hydrogen-bond acceptors (Lipinski definition) is 6. The van der Waals surface area contributed by atoms with Crippen LogP contribution in [0.2, 0.25) is 16.6 Å². The SMILES string of the molecule is Cc1cc(-c2ncc3c(N4CC5CCC(C5)C4)nc(OC[C@@]45CCCN4C[C@H](F)C5)nc3c2F)c2c(C#C[Si](C(C)C)(C(C)C)C(C)C)c(F)ccc2c1. The van der Waals surface area contributed by atoms with E-state index in [1.165, 1.54) is 25.3 Å². The first-order valence-electron chi connectivity index (χ1n) is 20.2. The van der Waals surface area contributed by atoms with Crippen molar-refractivity contribution in [3.8, 4) is 28.7 Å². The summed E-state index contributed by atoms with van der Waals surface area (Å²) >= 11 is 0. The number of alkyl halides is 1. The summed E-state index contributed by atoms with van der Waals surface area (Å²) in [6, 6.07) is 7.19. The van der Waals surface area contributed by atoms with E-state index in [0.29, 0.717) is 63.6 Å². The molecule has 6 nitrogen and oxygen atoms in total. The van der Waals surface area contributed by atoms with Crippen molar-refractivity contribution in [1.82, 2.24) is 19.9 Å². The number of hydrogen-bond donors (Lipinski definition) is 0. The Labute approximate surface area is 319 Å². The molecule has 1 saturated carbocycles. The lowest BCUT2D eigenvalue weighted by molar-refractivity contribution is 0.107. The van der Waals surface area contributed by atoms with Crippen molar-refractivity contribution in [2.45, 2.75) is 115 Å². The first kappa shape index (κ1) is 37.3. The predicted molar refractivity (Wildman–Crippen MR) is 214 cm³/mol. The second kappa shape index (κ2) is 14.1. The molecule has 2 unspecified atom stereocenters. The first-order valence-corrected chi connectivity index (χ1v) is 22.4. The van der Waals surface area contributed by atoms with Gasteiger partial charge >= 0.3 is 6.01 Å². The Bertz CT molecular complexity index is 2130. The third-order valence-electron chi connectivity index (χ3n) is 13.5. The summed E-state index contributed by atoms with van der Waals surface area (Å²) in [6.45, 7) is 18.6. The average molecular weight is 754 g/mol. The van der Waals surface area contributed by atoms with Gasteiger partial charge in [-0.3, -0.25) is 9.88 Å². The highest BCUT2D eigenvalue weighted by Gasteiger charge is 2.49. The average Bonchev–Trinajstić information content (AvgIpc) is 3.77. The number of piperidine rings is 1. The zero-order chi connectivity index (χ0) is 38.1. The van der Waals surface area contributed by atoms with Gasteiger partial charge in [0.2, 0.25) is 0 Å². The Morgan fingerprint density at radius 3 is 2.41 bits per heavy atom. The zero-order valence-corrected chi connectivity index (χ0v) is 33.9. The second-order valence-corrected chi connectivity index (χ2v) is 23.4. The fourth-order valence-corrected chi connectivity index (χ4v) is 16.3. The summed E-state index contributed by atoms with van der Waals surface area (Å²) in [5.74, 6) is 4.11. The Kier molecular flexibility index (Phi) is 9.74. The number of nitrogens with zero attached hydrogens (tertiary/aromatic N) is 5. The molecule has 286 valence electrons. The molecule has 0 amide bonds. The highest BCUT2D eigenvalue weighted by Crippen LogP contribution is 2.44. The van der Waals surface area contributed by atoms with Crippen molar-refractivity contribution in [3.63, 3.8) is 0 Å². The van der Waals surface area contributed by atoms with Gasteiger partial charge in [-0.1, -0.05) is 59.6 Å². The second-order valence-electron chi connectivity index (χ2n) is 17.8. The molecule has 4 aromatic rings. The molecule has 4 fully saturated rings. The van der Waals surface area contributed by atoms with Crippen molar-refractivity contribution >= 4 is 35.6 Å². The van der Waals surface area contributed by atoms with E-state index in [-0.39, 0.29) is 29.4 Å². The maximum absolute atomic E-state index is 17.4. The Morgan fingerprint density at radius 2 is 1.70 bits per heavy atom. The number of halogens is 3. The number of pyridine rings is 1. The summed E-state index contributed by atoms with van der Waals surface area (Å²) in [5.41, 5.74) is 6.29. The number of benzene rings is 2. The molecular formula is C44H54F3N5OSi. The topological polar surface area (TPSA) is 54.4 Å². The van der Waals surface area contributed by atoms with Crippen molar-refractivity contribution in [2.75, 3.05) is 37.7 Å². The van der Waals surface area contributed by atoms with Gasteiger partial charge in [0.05, 0.1) is 16.5 Å². The van der Waals surface area contributed by atoms with Crippen LogP contribution >= 0.6 is 0 Å². The van der Waals surface area contributed by atoms with Crippen LogP contribution in [0.3, 0.4) is 0 Å². The molecule has 3 aliphatic heterocycles. The van der Waals surface area contributed by atoms with Crippen molar-refractivity contribution in [2.24, 2.45) is 11.8 Å².